The van der Waals surface area contributed by atoms with Crippen LogP contribution in [0, 0.1) is 12.7 Å². The van der Waals surface area contributed by atoms with E-state index in [1.54, 1.807) is 41.3 Å². The molecule has 1 fully saturated rings. The van der Waals surface area contributed by atoms with Crippen LogP contribution in [0.4, 0.5) is 4.39 Å². The van der Waals surface area contributed by atoms with Gasteiger partial charge in [0.25, 0.3) is 0 Å². The number of hydrogen-bond acceptors (Lipinski definition) is 4. The van der Waals surface area contributed by atoms with Crippen LogP contribution in [0.15, 0.2) is 58.3 Å². The molecule has 150 valence electrons. The van der Waals surface area contributed by atoms with Crippen LogP contribution in [0.2, 0.25) is 0 Å². The smallest absolute Gasteiger partial charge is 0.243 e. The minimum atomic E-state index is -3.52. The fourth-order valence-corrected chi connectivity index (χ4v) is 5.25. The number of nitrogens with zero attached hydrogens (tertiary/aromatic N) is 2. The molecule has 1 amide bonds. The van der Waals surface area contributed by atoms with Crippen molar-refractivity contribution in [2.45, 2.75) is 23.1 Å². The molecular weight excluding hydrogens is 399 g/mol. The molecule has 1 saturated heterocycles. The van der Waals surface area contributed by atoms with Gasteiger partial charge in [-0.15, -0.1) is 11.8 Å². The van der Waals surface area contributed by atoms with E-state index in [0.717, 1.165) is 10.5 Å². The Balaban J connectivity index is 1.48. The third kappa shape index (κ3) is 5.12. The van der Waals surface area contributed by atoms with Crippen LogP contribution in [0.3, 0.4) is 0 Å². The Morgan fingerprint density at radius 2 is 1.61 bits per heavy atom. The highest BCUT2D eigenvalue weighted by Crippen LogP contribution is 2.21. The van der Waals surface area contributed by atoms with Crippen LogP contribution < -0.4 is 0 Å². The lowest BCUT2D eigenvalue weighted by atomic mass is 10.2. The number of amides is 1. The summed E-state index contributed by atoms with van der Waals surface area (Å²) in [6.07, 6.45) is 0.368. The summed E-state index contributed by atoms with van der Waals surface area (Å²) in [5.74, 6) is 0.340. The zero-order valence-corrected chi connectivity index (χ0v) is 17.3. The lowest BCUT2D eigenvalue weighted by Gasteiger charge is -2.34. The number of benzene rings is 2. The Morgan fingerprint density at radius 3 is 2.21 bits per heavy atom. The molecule has 3 rings (SSSR count). The second-order valence-corrected chi connectivity index (χ2v) is 9.76. The lowest BCUT2D eigenvalue weighted by molar-refractivity contribution is -0.131. The predicted octanol–water partition coefficient (Wildman–Crippen LogP) is 3.15. The number of carbonyl (C=O) groups excluding carboxylic acids is 1. The van der Waals surface area contributed by atoms with Crippen LogP contribution in [-0.4, -0.2) is 55.5 Å². The van der Waals surface area contributed by atoms with Crippen molar-refractivity contribution >= 4 is 27.7 Å². The average Bonchev–Trinajstić information content (AvgIpc) is 2.70. The summed E-state index contributed by atoms with van der Waals surface area (Å²) in [5, 5.41) is 0. The van der Waals surface area contributed by atoms with E-state index in [9.17, 15) is 17.6 Å². The maximum atomic E-state index is 12.9. The maximum Gasteiger partial charge on any atom is 0.243 e. The van der Waals surface area contributed by atoms with Crippen molar-refractivity contribution in [3.05, 3.63) is 59.9 Å². The van der Waals surface area contributed by atoms with Crippen molar-refractivity contribution in [1.82, 2.24) is 9.21 Å². The van der Waals surface area contributed by atoms with Crippen LogP contribution in [-0.2, 0) is 14.8 Å². The highest BCUT2D eigenvalue weighted by molar-refractivity contribution is 7.99. The largest absolute Gasteiger partial charge is 0.340 e. The first kappa shape index (κ1) is 20.8. The molecule has 0 aliphatic carbocycles. The van der Waals surface area contributed by atoms with Crippen molar-refractivity contribution < 1.29 is 17.6 Å². The summed E-state index contributed by atoms with van der Waals surface area (Å²) in [6, 6.07) is 13.0. The molecule has 8 heteroatoms. The molecule has 1 aliphatic heterocycles. The van der Waals surface area contributed by atoms with Gasteiger partial charge in [0.15, 0.2) is 0 Å². The molecular formula is C20H23FN2O3S2. The first-order chi connectivity index (χ1) is 13.4. The Bertz CT molecular complexity index is 907. The molecule has 0 bridgehead atoms. The van der Waals surface area contributed by atoms with Gasteiger partial charge in [-0.2, -0.15) is 4.31 Å². The molecule has 0 N–H and O–H groups in total. The van der Waals surface area contributed by atoms with E-state index in [4.69, 9.17) is 0 Å². The van der Waals surface area contributed by atoms with Crippen LogP contribution in [0.1, 0.15) is 12.0 Å². The fourth-order valence-electron chi connectivity index (χ4n) is 2.98. The topological polar surface area (TPSA) is 57.7 Å². The molecule has 2 aromatic rings. The zero-order valence-electron chi connectivity index (χ0n) is 15.7. The quantitative estimate of drug-likeness (QED) is 0.671. The first-order valence-corrected chi connectivity index (χ1v) is 11.5. The van der Waals surface area contributed by atoms with Gasteiger partial charge in [-0.25, -0.2) is 12.8 Å². The van der Waals surface area contributed by atoms with E-state index in [0.29, 0.717) is 38.4 Å². The lowest BCUT2D eigenvalue weighted by Crippen LogP contribution is -2.50. The molecule has 0 atom stereocenters. The first-order valence-electron chi connectivity index (χ1n) is 9.09. The van der Waals surface area contributed by atoms with Gasteiger partial charge in [-0.05, 0) is 43.3 Å². The van der Waals surface area contributed by atoms with Gasteiger partial charge in [0.1, 0.15) is 5.82 Å². The average molecular weight is 423 g/mol. The second kappa shape index (κ2) is 9.07. The second-order valence-electron chi connectivity index (χ2n) is 6.65. The van der Waals surface area contributed by atoms with E-state index < -0.39 is 10.0 Å². The minimum absolute atomic E-state index is 0.0157. The van der Waals surface area contributed by atoms with Crippen molar-refractivity contribution in [2.24, 2.45) is 0 Å². The van der Waals surface area contributed by atoms with Crippen LogP contribution in [0.5, 0.6) is 0 Å². The number of aryl methyl sites for hydroxylation is 1. The van der Waals surface area contributed by atoms with Gasteiger partial charge >= 0.3 is 0 Å². The summed E-state index contributed by atoms with van der Waals surface area (Å²) in [6.45, 7) is 3.30. The van der Waals surface area contributed by atoms with E-state index in [2.05, 4.69) is 0 Å². The molecule has 2 aromatic carbocycles. The van der Waals surface area contributed by atoms with Gasteiger partial charge in [0.2, 0.25) is 15.9 Å². The van der Waals surface area contributed by atoms with Gasteiger partial charge in [-0.3, -0.25) is 4.79 Å². The van der Waals surface area contributed by atoms with Crippen molar-refractivity contribution in [3.63, 3.8) is 0 Å². The maximum absolute atomic E-state index is 12.9. The number of hydrogen-bond donors (Lipinski definition) is 0. The van der Waals surface area contributed by atoms with Gasteiger partial charge < -0.3 is 4.90 Å². The Hall–Kier alpha value is -1.90. The summed E-state index contributed by atoms with van der Waals surface area (Å²) < 4.78 is 39.8. The molecule has 0 unspecified atom stereocenters. The zero-order chi connectivity index (χ0) is 20.1. The molecule has 0 spiro atoms. The van der Waals surface area contributed by atoms with Gasteiger partial charge in [0.05, 0.1) is 4.90 Å². The number of thioether (sulfide) groups is 1. The molecule has 0 aromatic heterocycles. The summed E-state index contributed by atoms with van der Waals surface area (Å²) in [5.41, 5.74) is 1.01. The summed E-state index contributed by atoms with van der Waals surface area (Å²) >= 11 is 1.50. The third-order valence-electron chi connectivity index (χ3n) is 4.65. The van der Waals surface area contributed by atoms with E-state index in [-0.39, 0.29) is 16.6 Å². The van der Waals surface area contributed by atoms with Crippen LogP contribution >= 0.6 is 11.8 Å². The molecule has 28 heavy (non-hydrogen) atoms. The number of piperazine rings is 1. The predicted molar refractivity (Wildman–Crippen MR) is 108 cm³/mol. The Labute approximate surface area is 169 Å². The van der Waals surface area contributed by atoms with Gasteiger partial charge in [-0.1, -0.05) is 17.7 Å². The number of halogens is 1. The normalized spacial score (nSPS) is 15.6. The molecule has 0 saturated carbocycles. The molecule has 0 radical (unpaired) electrons. The highest BCUT2D eigenvalue weighted by atomic mass is 32.2. The van der Waals surface area contributed by atoms with E-state index in [1.807, 2.05) is 6.92 Å². The van der Waals surface area contributed by atoms with Crippen molar-refractivity contribution in [3.8, 4) is 0 Å². The monoisotopic (exact) mass is 422 g/mol. The van der Waals surface area contributed by atoms with E-state index in [1.165, 1.54) is 28.2 Å². The Morgan fingerprint density at radius 1 is 1.00 bits per heavy atom. The Kier molecular flexibility index (Phi) is 6.74. The summed E-state index contributed by atoms with van der Waals surface area (Å²) in [7, 11) is -3.52. The van der Waals surface area contributed by atoms with Crippen molar-refractivity contribution in [1.29, 1.82) is 0 Å². The van der Waals surface area contributed by atoms with Crippen molar-refractivity contribution in [2.75, 3.05) is 31.9 Å². The summed E-state index contributed by atoms with van der Waals surface area (Å²) in [4.78, 5) is 15.3. The fraction of sp³-hybridized carbons (Fsp3) is 0.350. The molecule has 1 heterocycles. The minimum Gasteiger partial charge on any atom is -0.340 e. The highest BCUT2D eigenvalue weighted by Gasteiger charge is 2.29. The standard InChI is InChI=1S/C20H23FN2O3S2/c1-16-2-8-19(9-3-16)28(25,26)23-13-11-22(12-14-23)20(24)10-15-27-18-6-4-17(21)5-7-18/h2-9H,10-15H2,1H3. The van der Waals surface area contributed by atoms with E-state index >= 15 is 0 Å². The van der Waals surface area contributed by atoms with Gasteiger partial charge in [0, 0.05) is 43.2 Å². The number of sulfonamides is 1. The SMILES string of the molecule is Cc1ccc(S(=O)(=O)N2CCN(C(=O)CCSc3ccc(F)cc3)CC2)cc1. The number of carbonyl (C=O) groups is 1. The molecule has 5 nitrogen and oxygen atoms in total. The molecule has 1 aliphatic rings. The van der Waals surface area contributed by atoms with Crippen LogP contribution in [0.25, 0.3) is 0 Å². The number of rotatable bonds is 6. The third-order valence-corrected chi connectivity index (χ3v) is 7.58.